The zero-order valence-corrected chi connectivity index (χ0v) is 18.4. The molecule has 7 nitrogen and oxygen atoms in total. The highest BCUT2D eigenvalue weighted by Crippen LogP contribution is 2.25. The number of anilines is 2. The van der Waals surface area contributed by atoms with Crippen LogP contribution in [0.25, 0.3) is 11.3 Å². The summed E-state index contributed by atoms with van der Waals surface area (Å²) in [6, 6.07) is 12.8. The van der Waals surface area contributed by atoms with E-state index in [0.29, 0.717) is 27.7 Å². The predicted octanol–water partition coefficient (Wildman–Crippen LogP) is 4.34. The molecule has 0 saturated heterocycles. The van der Waals surface area contributed by atoms with Gasteiger partial charge in [-0.05, 0) is 56.2 Å². The van der Waals surface area contributed by atoms with Crippen molar-refractivity contribution in [3.05, 3.63) is 75.0 Å². The third-order valence-electron chi connectivity index (χ3n) is 4.94. The van der Waals surface area contributed by atoms with Gasteiger partial charge in [-0.3, -0.25) is 14.4 Å². The molecule has 1 atom stereocenters. The average molecular weight is 439 g/mol. The van der Waals surface area contributed by atoms with E-state index in [4.69, 9.17) is 11.6 Å². The second kappa shape index (κ2) is 9.14. The Kier molecular flexibility index (Phi) is 6.56. The van der Waals surface area contributed by atoms with Crippen molar-refractivity contribution in [2.45, 2.75) is 33.7 Å². The predicted molar refractivity (Wildman–Crippen MR) is 123 cm³/mol. The molecule has 2 N–H and O–H groups in total. The SMILES string of the molecule is CC(=O)Nc1cc(-c2ccc(=O)n(C(C)C(=O)Nc3cccc(Cl)c3C)n2)ccc1C. The van der Waals surface area contributed by atoms with E-state index in [2.05, 4.69) is 15.7 Å². The van der Waals surface area contributed by atoms with Crippen molar-refractivity contribution in [1.82, 2.24) is 9.78 Å². The second-order valence-corrected chi connectivity index (χ2v) is 7.70. The molecule has 3 rings (SSSR count). The Bertz CT molecular complexity index is 1220. The number of hydrogen-bond acceptors (Lipinski definition) is 4. The summed E-state index contributed by atoms with van der Waals surface area (Å²) in [7, 11) is 0. The number of aromatic nitrogens is 2. The first-order valence-corrected chi connectivity index (χ1v) is 10.1. The van der Waals surface area contributed by atoms with Gasteiger partial charge in [-0.15, -0.1) is 0 Å². The number of carbonyl (C=O) groups excluding carboxylic acids is 2. The minimum absolute atomic E-state index is 0.181. The van der Waals surface area contributed by atoms with Gasteiger partial charge in [0.2, 0.25) is 11.8 Å². The molecular formula is C23H23ClN4O3. The molecule has 3 aromatic rings. The Labute approximate surface area is 185 Å². The number of nitrogens with one attached hydrogen (secondary N) is 2. The van der Waals surface area contributed by atoms with Crippen molar-refractivity contribution >= 4 is 34.8 Å². The second-order valence-electron chi connectivity index (χ2n) is 7.29. The van der Waals surface area contributed by atoms with Crippen LogP contribution in [0.2, 0.25) is 5.02 Å². The van der Waals surface area contributed by atoms with Crippen LogP contribution in [0.1, 0.15) is 31.0 Å². The quantitative estimate of drug-likeness (QED) is 0.619. The smallest absolute Gasteiger partial charge is 0.267 e. The lowest BCUT2D eigenvalue weighted by Gasteiger charge is -2.16. The van der Waals surface area contributed by atoms with Crippen molar-refractivity contribution < 1.29 is 9.59 Å². The summed E-state index contributed by atoms with van der Waals surface area (Å²) in [6.45, 7) is 6.73. The van der Waals surface area contributed by atoms with Crippen molar-refractivity contribution in [3.63, 3.8) is 0 Å². The minimum atomic E-state index is -0.855. The van der Waals surface area contributed by atoms with Crippen LogP contribution >= 0.6 is 11.6 Å². The van der Waals surface area contributed by atoms with Crippen LogP contribution in [0.4, 0.5) is 11.4 Å². The van der Waals surface area contributed by atoms with Crippen LogP contribution < -0.4 is 16.2 Å². The zero-order chi connectivity index (χ0) is 22.7. The Morgan fingerprint density at radius 1 is 1.03 bits per heavy atom. The molecular weight excluding hydrogens is 416 g/mol. The molecule has 0 bridgehead atoms. The lowest BCUT2D eigenvalue weighted by Crippen LogP contribution is -2.33. The minimum Gasteiger partial charge on any atom is -0.326 e. The van der Waals surface area contributed by atoms with Gasteiger partial charge in [-0.1, -0.05) is 29.8 Å². The van der Waals surface area contributed by atoms with Gasteiger partial charge in [0.25, 0.3) is 5.56 Å². The third-order valence-corrected chi connectivity index (χ3v) is 5.35. The van der Waals surface area contributed by atoms with Crippen LogP contribution in [0.15, 0.2) is 53.3 Å². The number of hydrogen-bond donors (Lipinski definition) is 2. The van der Waals surface area contributed by atoms with Crippen LogP contribution in [0.3, 0.4) is 0 Å². The lowest BCUT2D eigenvalue weighted by atomic mass is 10.1. The van der Waals surface area contributed by atoms with E-state index in [9.17, 15) is 14.4 Å². The van der Waals surface area contributed by atoms with E-state index in [1.165, 1.54) is 13.0 Å². The van der Waals surface area contributed by atoms with Crippen molar-refractivity contribution in [2.24, 2.45) is 0 Å². The normalized spacial score (nSPS) is 11.6. The molecule has 1 aromatic heterocycles. The molecule has 0 aliphatic rings. The number of benzene rings is 2. The van der Waals surface area contributed by atoms with Gasteiger partial charge >= 0.3 is 0 Å². The number of nitrogens with zero attached hydrogens (tertiary/aromatic N) is 2. The first kappa shape index (κ1) is 22.2. The van der Waals surface area contributed by atoms with Crippen LogP contribution in [-0.2, 0) is 9.59 Å². The van der Waals surface area contributed by atoms with E-state index in [1.54, 1.807) is 44.2 Å². The molecule has 0 spiro atoms. The Balaban J connectivity index is 1.92. The number of rotatable bonds is 5. The van der Waals surface area contributed by atoms with Gasteiger partial charge < -0.3 is 10.6 Å². The molecule has 1 heterocycles. The summed E-state index contributed by atoms with van der Waals surface area (Å²) in [5.41, 5.74) is 3.69. The molecule has 1 unspecified atom stereocenters. The Morgan fingerprint density at radius 2 is 1.77 bits per heavy atom. The summed E-state index contributed by atoms with van der Waals surface area (Å²) in [5, 5.41) is 10.5. The molecule has 0 fully saturated rings. The molecule has 0 aliphatic carbocycles. The maximum absolute atomic E-state index is 12.8. The van der Waals surface area contributed by atoms with Gasteiger partial charge in [0.1, 0.15) is 6.04 Å². The van der Waals surface area contributed by atoms with Gasteiger partial charge in [-0.25, -0.2) is 4.68 Å². The molecule has 0 saturated carbocycles. The Morgan fingerprint density at radius 3 is 2.48 bits per heavy atom. The van der Waals surface area contributed by atoms with Gasteiger partial charge in [0, 0.05) is 35.0 Å². The number of halogens is 1. The monoisotopic (exact) mass is 438 g/mol. The van der Waals surface area contributed by atoms with Crippen LogP contribution in [0, 0.1) is 13.8 Å². The largest absolute Gasteiger partial charge is 0.326 e. The van der Waals surface area contributed by atoms with Crippen LogP contribution in [-0.4, -0.2) is 21.6 Å². The third kappa shape index (κ3) is 5.00. The summed E-state index contributed by atoms with van der Waals surface area (Å²) in [6.07, 6.45) is 0. The van der Waals surface area contributed by atoms with Gasteiger partial charge in [-0.2, -0.15) is 5.10 Å². The molecule has 8 heteroatoms. The summed E-state index contributed by atoms with van der Waals surface area (Å²) in [4.78, 5) is 36.7. The summed E-state index contributed by atoms with van der Waals surface area (Å²) < 4.78 is 1.14. The van der Waals surface area contributed by atoms with E-state index in [-0.39, 0.29) is 11.8 Å². The van der Waals surface area contributed by atoms with Crippen molar-refractivity contribution in [3.8, 4) is 11.3 Å². The highest BCUT2D eigenvalue weighted by atomic mass is 35.5. The summed E-state index contributed by atoms with van der Waals surface area (Å²) >= 11 is 6.12. The standard InChI is InChI=1S/C23H23ClN4O3/c1-13-8-9-17(12-21(13)25-16(4)29)20-10-11-22(30)28(27-20)15(3)23(31)26-19-7-5-6-18(24)14(19)2/h5-12,15H,1-4H3,(H,25,29)(H,26,31). The molecule has 0 aliphatic heterocycles. The number of aryl methyl sites for hydroxylation is 1. The molecule has 2 aromatic carbocycles. The fourth-order valence-corrected chi connectivity index (χ4v) is 3.23. The molecule has 31 heavy (non-hydrogen) atoms. The average Bonchev–Trinajstić information content (AvgIpc) is 2.72. The lowest BCUT2D eigenvalue weighted by molar-refractivity contribution is -0.119. The zero-order valence-electron chi connectivity index (χ0n) is 17.7. The Hall–Kier alpha value is -3.45. The highest BCUT2D eigenvalue weighted by molar-refractivity contribution is 6.31. The van der Waals surface area contributed by atoms with Crippen LogP contribution in [0.5, 0.6) is 0 Å². The molecule has 2 amide bonds. The fraction of sp³-hybridized carbons (Fsp3) is 0.217. The molecule has 160 valence electrons. The van der Waals surface area contributed by atoms with Gasteiger partial charge in [0.05, 0.1) is 5.69 Å². The maximum Gasteiger partial charge on any atom is 0.267 e. The number of amides is 2. The van der Waals surface area contributed by atoms with E-state index < -0.39 is 11.6 Å². The van der Waals surface area contributed by atoms with E-state index in [1.807, 2.05) is 19.1 Å². The van der Waals surface area contributed by atoms with E-state index in [0.717, 1.165) is 15.8 Å². The summed E-state index contributed by atoms with van der Waals surface area (Å²) in [5.74, 6) is -0.570. The van der Waals surface area contributed by atoms with Crippen molar-refractivity contribution in [1.29, 1.82) is 0 Å². The topological polar surface area (TPSA) is 93.1 Å². The first-order chi connectivity index (χ1) is 14.7. The number of carbonyl (C=O) groups is 2. The van der Waals surface area contributed by atoms with E-state index >= 15 is 0 Å². The first-order valence-electron chi connectivity index (χ1n) is 9.72. The van der Waals surface area contributed by atoms with Gasteiger partial charge in [0.15, 0.2) is 0 Å². The highest BCUT2D eigenvalue weighted by Gasteiger charge is 2.19. The van der Waals surface area contributed by atoms with Crippen molar-refractivity contribution in [2.75, 3.05) is 10.6 Å². The molecule has 0 radical (unpaired) electrons. The maximum atomic E-state index is 12.8. The fourth-order valence-electron chi connectivity index (χ4n) is 3.05.